The summed E-state index contributed by atoms with van der Waals surface area (Å²) in [6.45, 7) is 2.86. The molecule has 1 aliphatic heterocycles. The third-order valence-corrected chi connectivity index (χ3v) is 6.06. The number of hydrogen-bond acceptors (Lipinski definition) is 5. The van der Waals surface area contributed by atoms with E-state index < -0.39 is 0 Å². The highest BCUT2D eigenvalue weighted by molar-refractivity contribution is 6.05. The van der Waals surface area contributed by atoms with Crippen LogP contribution in [0.2, 0.25) is 0 Å². The van der Waals surface area contributed by atoms with Gasteiger partial charge < -0.3 is 15.5 Å². The lowest BCUT2D eigenvalue weighted by molar-refractivity contribution is 0.0733. The minimum absolute atomic E-state index is 0.126. The van der Waals surface area contributed by atoms with Gasteiger partial charge in [-0.1, -0.05) is 12.1 Å². The van der Waals surface area contributed by atoms with Gasteiger partial charge in [0, 0.05) is 55.4 Å². The van der Waals surface area contributed by atoms with Gasteiger partial charge in [0.1, 0.15) is 0 Å². The van der Waals surface area contributed by atoms with Crippen LogP contribution in [0.5, 0.6) is 0 Å². The van der Waals surface area contributed by atoms with Crippen molar-refractivity contribution in [1.82, 2.24) is 24.8 Å². The molecule has 0 saturated carbocycles. The Morgan fingerprint density at radius 3 is 2.60 bits per heavy atom. The van der Waals surface area contributed by atoms with Gasteiger partial charge >= 0.3 is 0 Å². The number of fused-ring (bicyclic) bond motifs is 2. The van der Waals surface area contributed by atoms with Crippen molar-refractivity contribution in [2.75, 3.05) is 18.9 Å². The van der Waals surface area contributed by atoms with Crippen molar-refractivity contribution in [1.29, 1.82) is 0 Å². The maximum absolute atomic E-state index is 13.2. The van der Waals surface area contributed by atoms with Crippen molar-refractivity contribution >= 4 is 29.1 Å². The highest BCUT2D eigenvalue weighted by Crippen LogP contribution is 2.23. The second-order valence-corrected chi connectivity index (χ2v) is 8.51. The molecule has 0 bridgehead atoms. The zero-order valence-corrected chi connectivity index (χ0v) is 19.4. The van der Waals surface area contributed by atoms with E-state index >= 15 is 0 Å². The van der Waals surface area contributed by atoms with Crippen LogP contribution < -0.4 is 10.6 Å². The number of rotatable bonds is 4. The van der Waals surface area contributed by atoms with Crippen LogP contribution in [-0.2, 0) is 13.0 Å². The Balaban J connectivity index is 1.33. The van der Waals surface area contributed by atoms with Gasteiger partial charge in [0.05, 0.1) is 11.3 Å². The first-order valence-corrected chi connectivity index (χ1v) is 11.3. The molecule has 9 heteroatoms. The zero-order chi connectivity index (χ0) is 24.5. The predicted octanol–water partition coefficient (Wildman–Crippen LogP) is 2.85. The molecule has 176 valence electrons. The van der Waals surface area contributed by atoms with E-state index in [1.54, 1.807) is 59.2 Å². The number of aryl methyl sites for hydroxylation is 1. The Labute approximate surface area is 201 Å². The van der Waals surface area contributed by atoms with Crippen LogP contribution in [0.1, 0.15) is 47.9 Å². The summed E-state index contributed by atoms with van der Waals surface area (Å²) in [6.07, 6.45) is 3.97. The van der Waals surface area contributed by atoms with E-state index in [1.165, 1.54) is 0 Å². The molecule has 5 rings (SSSR count). The fraction of sp³-hybridized carbons (Fsp3) is 0.192. The van der Waals surface area contributed by atoms with Gasteiger partial charge in [-0.15, -0.1) is 0 Å². The number of benzene rings is 2. The maximum atomic E-state index is 13.2. The maximum Gasteiger partial charge on any atom is 0.257 e. The standard InChI is InChI=1S/C26H24N6O3/c1-16-10-23-28-13-21(15-32(23)30-16)26(35)31-9-8-17-6-7-19(11-20(17)14-31)25(34)29-22-5-3-4-18(12-22)24(33)27-2/h3-7,10-13,15H,8-9,14H2,1-2H3,(H,27,33)(H,29,34). The third kappa shape index (κ3) is 4.48. The van der Waals surface area contributed by atoms with Crippen molar-refractivity contribution in [2.24, 2.45) is 0 Å². The van der Waals surface area contributed by atoms with Crippen LogP contribution in [0.3, 0.4) is 0 Å². The molecular formula is C26H24N6O3. The summed E-state index contributed by atoms with van der Waals surface area (Å²) in [7, 11) is 1.56. The van der Waals surface area contributed by atoms with Gasteiger partial charge in [-0.25, -0.2) is 9.50 Å². The van der Waals surface area contributed by atoms with E-state index in [-0.39, 0.29) is 17.7 Å². The topological polar surface area (TPSA) is 109 Å². The van der Waals surface area contributed by atoms with Crippen molar-refractivity contribution in [3.8, 4) is 0 Å². The van der Waals surface area contributed by atoms with Crippen molar-refractivity contribution in [3.05, 3.63) is 94.4 Å². The van der Waals surface area contributed by atoms with Gasteiger partial charge in [-0.05, 0) is 54.8 Å². The molecular weight excluding hydrogens is 444 g/mol. The number of carbonyl (C=O) groups is 3. The SMILES string of the molecule is CNC(=O)c1cccc(NC(=O)c2ccc3c(c2)CN(C(=O)c2cnc4cc(C)nn4c2)CC3)c1. The number of anilines is 1. The number of nitrogens with one attached hydrogen (secondary N) is 2. The molecule has 0 fully saturated rings. The average Bonchev–Trinajstić information content (AvgIpc) is 3.26. The molecule has 4 aromatic rings. The minimum Gasteiger partial charge on any atom is -0.355 e. The second-order valence-electron chi connectivity index (χ2n) is 8.51. The zero-order valence-electron chi connectivity index (χ0n) is 19.4. The average molecular weight is 469 g/mol. The molecule has 0 radical (unpaired) electrons. The molecule has 2 N–H and O–H groups in total. The van der Waals surface area contributed by atoms with Crippen LogP contribution in [-0.4, -0.2) is 50.8 Å². The lowest BCUT2D eigenvalue weighted by Crippen LogP contribution is -2.36. The molecule has 2 aromatic heterocycles. The molecule has 3 heterocycles. The second kappa shape index (κ2) is 9.02. The van der Waals surface area contributed by atoms with Gasteiger partial charge in [0.25, 0.3) is 17.7 Å². The fourth-order valence-electron chi connectivity index (χ4n) is 4.25. The van der Waals surface area contributed by atoms with Crippen LogP contribution in [0.25, 0.3) is 5.65 Å². The monoisotopic (exact) mass is 468 g/mol. The largest absolute Gasteiger partial charge is 0.355 e. The van der Waals surface area contributed by atoms with Crippen molar-refractivity contribution in [3.63, 3.8) is 0 Å². The van der Waals surface area contributed by atoms with Gasteiger partial charge in [-0.2, -0.15) is 5.10 Å². The summed E-state index contributed by atoms with van der Waals surface area (Å²) in [6, 6.07) is 14.2. The first kappa shape index (κ1) is 22.3. The number of hydrogen-bond donors (Lipinski definition) is 2. The third-order valence-electron chi connectivity index (χ3n) is 6.06. The van der Waals surface area contributed by atoms with Gasteiger partial charge in [0.15, 0.2) is 5.65 Å². The molecule has 1 aliphatic rings. The van der Waals surface area contributed by atoms with Gasteiger partial charge in [0.2, 0.25) is 0 Å². The quantitative estimate of drug-likeness (QED) is 0.479. The molecule has 2 aromatic carbocycles. The van der Waals surface area contributed by atoms with E-state index in [0.717, 1.165) is 16.8 Å². The van der Waals surface area contributed by atoms with E-state index in [9.17, 15) is 14.4 Å². The van der Waals surface area contributed by atoms with E-state index in [1.807, 2.05) is 25.1 Å². The number of amides is 3. The number of aromatic nitrogens is 3. The van der Waals surface area contributed by atoms with Gasteiger partial charge in [-0.3, -0.25) is 14.4 Å². The summed E-state index contributed by atoms with van der Waals surface area (Å²) >= 11 is 0. The van der Waals surface area contributed by atoms with E-state index in [4.69, 9.17) is 0 Å². The van der Waals surface area contributed by atoms with Crippen LogP contribution in [0.4, 0.5) is 5.69 Å². The Hall–Kier alpha value is -4.53. The van der Waals surface area contributed by atoms with E-state index in [2.05, 4.69) is 20.7 Å². The summed E-state index contributed by atoms with van der Waals surface area (Å²) in [5.41, 5.74) is 5.52. The molecule has 9 nitrogen and oxygen atoms in total. The smallest absolute Gasteiger partial charge is 0.257 e. The first-order chi connectivity index (χ1) is 16.9. The molecule has 0 saturated heterocycles. The lowest BCUT2D eigenvalue weighted by Gasteiger charge is -2.29. The molecule has 3 amide bonds. The van der Waals surface area contributed by atoms with Crippen LogP contribution in [0.15, 0.2) is 60.9 Å². The first-order valence-electron chi connectivity index (χ1n) is 11.3. The predicted molar refractivity (Wildman–Crippen MR) is 130 cm³/mol. The number of carbonyl (C=O) groups excluding carboxylic acids is 3. The van der Waals surface area contributed by atoms with Crippen LogP contribution >= 0.6 is 0 Å². The van der Waals surface area contributed by atoms with Crippen molar-refractivity contribution < 1.29 is 14.4 Å². The normalized spacial score (nSPS) is 12.8. The molecule has 35 heavy (non-hydrogen) atoms. The van der Waals surface area contributed by atoms with E-state index in [0.29, 0.717) is 47.5 Å². The Morgan fingerprint density at radius 1 is 0.943 bits per heavy atom. The van der Waals surface area contributed by atoms with Crippen molar-refractivity contribution in [2.45, 2.75) is 19.9 Å². The minimum atomic E-state index is -0.283. The van der Waals surface area contributed by atoms with Crippen LogP contribution in [0, 0.1) is 6.92 Å². The highest BCUT2D eigenvalue weighted by atomic mass is 16.2. The number of nitrogens with zero attached hydrogens (tertiary/aromatic N) is 4. The highest BCUT2D eigenvalue weighted by Gasteiger charge is 2.23. The fourth-order valence-corrected chi connectivity index (χ4v) is 4.25. The molecule has 0 aliphatic carbocycles. The molecule has 0 spiro atoms. The lowest BCUT2D eigenvalue weighted by atomic mass is 9.96. The summed E-state index contributed by atoms with van der Waals surface area (Å²) in [4.78, 5) is 44.0. The molecule has 0 atom stereocenters. The summed E-state index contributed by atoms with van der Waals surface area (Å²) in [5, 5.41) is 9.75. The Kier molecular flexibility index (Phi) is 5.74. The Bertz CT molecular complexity index is 1480. The summed E-state index contributed by atoms with van der Waals surface area (Å²) in [5.74, 6) is -0.634. The Morgan fingerprint density at radius 2 is 1.77 bits per heavy atom. The summed E-state index contributed by atoms with van der Waals surface area (Å²) < 4.78 is 1.61. The molecule has 0 unspecified atom stereocenters.